The Morgan fingerprint density at radius 2 is 2.32 bits per heavy atom. The van der Waals surface area contributed by atoms with Gasteiger partial charge in [-0.2, -0.15) is 0 Å². The average Bonchev–Trinajstić information content (AvgIpc) is 2.81. The Morgan fingerprint density at radius 3 is 3.05 bits per heavy atom. The molecule has 0 spiro atoms. The molecule has 1 aliphatic rings. The highest BCUT2D eigenvalue weighted by atomic mass is 15.1. The molecule has 19 heavy (non-hydrogen) atoms. The third-order valence-electron chi connectivity index (χ3n) is 4.33. The summed E-state index contributed by atoms with van der Waals surface area (Å²) in [7, 11) is 0. The first-order valence-corrected chi connectivity index (χ1v) is 7.84. The molecule has 1 fully saturated rings. The van der Waals surface area contributed by atoms with Crippen molar-refractivity contribution in [2.24, 2.45) is 5.41 Å². The Hall–Kier alpha value is -0.830. The van der Waals surface area contributed by atoms with Crippen molar-refractivity contribution in [1.82, 2.24) is 14.9 Å². The maximum atomic E-state index is 4.36. The van der Waals surface area contributed by atoms with Crippen LogP contribution in [0.15, 0.2) is 12.4 Å². The fourth-order valence-corrected chi connectivity index (χ4v) is 3.29. The number of rotatable bonds is 6. The van der Waals surface area contributed by atoms with Gasteiger partial charge in [-0.05, 0) is 37.6 Å². The van der Waals surface area contributed by atoms with Crippen LogP contribution in [0.25, 0.3) is 0 Å². The quantitative estimate of drug-likeness (QED) is 0.797. The van der Waals surface area contributed by atoms with Gasteiger partial charge in [-0.15, -0.1) is 0 Å². The van der Waals surface area contributed by atoms with Crippen LogP contribution < -0.4 is 5.32 Å². The third kappa shape index (κ3) is 4.34. The van der Waals surface area contributed by atoms with Gasteiger partial charge in [-0.1, -0.05) is 27.2 Å². The fourth-order valence-electron chi connectivity index (χ4n) is 3.29. The second-order valence-electron chi connectivity index (χ2n) is 6.66. The van der Waals surface area contributed by atoms with Crippen molar-refractivity contribution in [2.45, 2.75) is 71.9 Å². The molecule has 0 saturated heterocycles. The summed E-state index contributed by atoms with van der Waals surface area (Å²) in [5, 5.41) is 3.74. The normalized spacial score (nSPS) is 22.6. The van der Waals surface area contributed by atoms with Gasteiger partial charge in [0.05, 0.1) is 0 Å². The third-order valence-corrected chi connectivity index (χ3v) is 4.33. The minimum atomic E-state index is 0.537. The maximum Gasteiger partial charge on any atom is 0.108 e. The van der Waals surface area contributed by atoms with Gasteiger partial charge < -0.3 is 9.88 Å². The lowest BCUT2D eigenvalue weighted by Gasteiger charge is -2.35. The molecular formula is C16H29N3. The topological polar surface area (TPSA) is 29.9 Å². The molecule has 0 unspecified atom stereocenters. The largest absolute Gasteiger partial charge is 0.335 e. The zero-order valence-corrected chi connectivity index (χ0v) is 12.8. The Labute approximate surface area is 117 Å². The summed E-state index contributed by atoms with van der Waals surface area (Å²) in [5.74, 6) is 1.21. The van der Waals surface area contributed by atoms with Crippen molar-refractivity contribution in [1.29, 1.82) is 0 Å². The van der Waals surface area contributed by atoms with Gasteiger partial charge in [0.25, 0.3) is 0 Å². The zero-order valence-electron chi connectivity index (χ0n) is 12.8. The Kier molecular flexibility index (Phi) is 5.03. The van der Waals surface area contributed by atoms with Crippen molar-refractivity contribution in [3.05, 3.63) is 18.2 Å². The second kappa shape index (κ2) is 6.56. The second-order valence-corrected chi connectivity index (χ2v) is 6.66. The first kappa shape index (κ1) is 14.6. The van der Waals surface area contributed by atoms with Crippen LogP contribution in [0.1, 0.15) is 58.7 Å². The molecule has 0 aliphatic heterocycles. The monoisotopic (exact) mass is 263 g/mol. The van der Waals surface area contributed by atoms with Crippen LogP contribution in [0, 0.1) is 5.41 Å². The Morgan fingerprint density at radius 1 is 1.47 bits per heavy atom. The number of aryl methyl sites for hydroxylation is 2. The molecule has 1 aromatic rings. The predicted octanol–water partition coefficient (Wildman–Crippen LogP) is 3.39. The van der Waals surface area contributed by atoms with Crippen LogP contribution in [-0.2, 0) is 13.0 Å². The number of nitrogens with zero attached hydrogens (tertiary/aromatic N) is 2. The molecule has 0 bridgehead atoms. The van der Waals surface area contributed by atoms with Crippen molar-refractivity contribution >= 4 is 0 Å². The highest BCUT2D eigenvalue weighted by molar-refractivity contribution is 4.91. The standard InChI is InChI=1S/C16H29N3/c1-4-15-18-10-12-19(15)11-6-9-17-14-7-5-8-16(2,3)13-14/h10,12,14,17H,4-9,11,13H2,1-3H3/t14-/m1/s1. The molecule has 1 atom stereocenters. The van der Waals surface area contributed by atoms with E-state index in [1.165, 1.54) is 37.9 Å². The van der Waals surface area contributed by atoms with Crippen molar-refractivity contribution < 1.29 is 0 Å². The van der Waals surface area contributed by atoms with Crippen molar-refractivity contribution in [3.8, 4) is 0 Å². The van der Waals surface area contributed by atoms with Crippen LogP contribution >= 0.6 is 0 Å². The molecule has 0 aromatic carbocycles. The number of imidazole rings is 1. The van der Waals surface area contributed by atoms with E-state index in [-0.39, 0.29) is 0 Å². The van der Waals surface area contributed by atoms with Gasteiger partial charge in [0, 0.05) is 31.4 Å². The molecule has 1 heterocycles. The molecule has 1 aromatic heterocycles. The van der Waals surface area contributed by atoms with E-state index < -0.39 is 0 Å². The van der Waals surface area contributed by atoms with Gasteiger partial charge in [0.15, 0.2) is 0 Å². The highest BCUT2D eigenvalue weighted by Crippen LogP contribution is 2.34. The van der Waals surface area contributed by atoms with Crippen LogP contribution in [-0.4, -0.2) is 22.1 Å². The van der Waals surface area contributed by atoms with E-state index in [2.05, 4.69) is 41.8 Å². The van der Waals surface area contributed by atoms with Gasteiger partial charge >= 0.3 is 0 Å². The number of hydrogen-bond acceptors (Lipinski definition) is 2. The Bertz CT molecular complexity index is 381. The minimum absolute atomic E-state index is 0.537. The lowest BCUT2D eigenvalue weighted by molar-refractivity contribution is 0.198. The lowest BCUT2D eigenvalue weighted by Crippen LogP contribution is -2.37. The molecule has 0 amide bonds. The maximum absolute atomic E-state index is 4.36. The summed E-state index contributed by atoms with van der Waals surface area (Å²) in [4.78, 5) is 4.36. The summed E-state index contributed by atoms with van der Waals surface area (Å²) >= 11 is 0. The molecule has 3 nitrogen and oxygen atoms in total. The van der Waals surface area contributed by atoms with Crippen LogP contribution in [0.2, 0.25) is 0 Å². The number of hydrogen-bond donors (Lipinski definition) is 1. The molecule has 1 aliphatic carbocycles. The van der Waals surface area contributed by atoms with Crippen LogP contribution in [0.5, 0.6) is 0 Å². The molecule has 1 N–H and O–H groups in total. The minimum Gasteiger partial charge on any atom is -0.335 e. The van der Waals surface area contributed by atoms with Gasteiger partial charge in [0.1, 0.15) is 5.82 Å². The van der Waals surface area contributed by atoms with E-state index in [9.17, 15) is 0 Å². The first-order chi connectivity index (χ1) is 9.11. The van der Waals surface area contributed by atoms with Crippen LogP contribution in [0.3, 0.4) is 0 Å². The summed E-state index contributed by atoms with van der Waals surface area (Å²) in [6.45, 7) is 9.19. The summed E-state index contributed by atoms with van der Waals surface area (Å²) < 4.78 is 2.28. The molecular weight excluding hydrogens is 234 g/mol. The molecule has 0 radical (unpaired) electrons. The first-order valence-electron chi connectivity index (χ1n) is 7.84. The Balaban J connectivity index is 1.67. The van der Waals surface area contributed by atoms with E-state index in [1.54, 1.807) is 0 Å². The predicted molar refractivity (Wildman–Crippen MR) is 80.3 cm³/mol. The van der Waals surface area contributed by atoms with Gasteiger partial charge in [0.2, 0.25) is 0 Å². The van der Waals surface area contributed by atoms with Crippen LogP contribution in [0.4, 0.5) is 0 Å². The summed E-state index contributed by atoms with van der Waals surface area (Å²) in [5.41, 5.74) is 0.537. The zero-order chi connectivity index (χ0) is 13.7. The SMILES string of the molecule is CCc1nccn1CCCN[C@@H]1CCCC(C)(C)C1. The van der Waals surface area contributed by atoms with E-state index in [0.717, 1.165) is 25.6 Å². The van der Waals surface area contributed by atoms with E-state index in [1.807, 2.05) is 6.20 Å². The summed E-state index contributed by atoms with van der Waals surface area (Å²) in [6, 6.07) is 0.734. The van der Waals surface area contributed by atoms with Gasteiger partial charge in [-0.3, -0.25) is 0 Å². The number of aromatic nitrogens is 2. The highest BCUT2D eigenvalue weighted by Gasteiger charge is 2.27. The molecule has 2 rings (SSSR count). The van der Waals surface area contributed by atoms with Crippen molar-refractivity contribution in [3.63, 3.8) is 0 Å². The lowest BCUT2D eigenvalue weighted by atomic mass is 9.75. The average molecular weight is 263 g/mol. The van der Waals surface area contributed by atoms with Crippen molar-refractivity contribution in [2.75, 3.05) is 6.54 Å². The number of nitrogens with one attached hydrogen (secondary N) is 1. The summed E-state index contributed by atoms with van der Waals surface area (Å²) in [6.07, 6.45) is 11.7. The van der Waals surface area contributed by atoms with E-state index >= 15 is 0 Å². The molecule has 3 heteroatoms. The molecule has 1 saturated carbocycles. The van der Waals surface area contributed by atoms with E-state index in [0.29, 0.717) is 5.41 Å². The van der Waals surface area contributed by atoms with Gasteiger partial charge in [-0.25, -0.2) is 4.98 Å². The molecule has 108 valence electrons. The fraction of sp³-hybridized carbons (Fsp3) is 0.812. The smallest absolute Gasteiger partial charge is 0.108 e. The van der Waals surface area contributed by atoms with E-state index in [4.69, 9.17) is 0 Å².